The molecular formula is C26H26N6O4. The quantitative estimate of drug-likeness (QED) is 0.235. The highest BCUT2D eigenvalue weighted by Gasteiger charge is 2.22. The number of ether oxygens (including phenoxy) is 1. The van der Waals surface area contributed by atoms with Gasteiger partial charge in [0.2, 0.25) is 0 Å². The fourth-order valence-corrected chi connectivity index (χ4v) is 4.45. The van der Waals surface area contributed by atoms with Gasteiger partial charge in [0.1, 0.15) is 5.69 Å². The molecule has 10 nitrogen and oxygen atoms in total. The van der Waals surface area contributed by atoms with Crippen LogP contribution in [0.15, 0.2) is 76.6 Å². The van der Waals surface area contributed by atoms with Gasteiger partial charge >= 0.3 is 0 Å². The molecule has 0 saturated carbocycles. The standard InChI is InChI=1S/C26H26N6O4/c1-19-25(26(33)31(28(19)2)20-7-4-3-5-8-20)27-18-22-9-6-12-30(22)21-10-11-23(24(17-21)32(34)35)29-13-15-36-16-14-29/h3-12,17-18H,13-16H2,1-2H3. The van der Waals surface area contributed by atoms with Crippen LogP contribution in [0.1, 0.15) is 11.4 Å². The third kappa shape index (κ3) is 4.22. The second-order valence-electron chi connectivity index (χ2n) is 8.50. The molecule has 0 unspecified atom stereocenters. The highest BCUT2D eigenvalue weighted by Crippen LogP contribution is 2.31. The molecule has 2 aromatic heterocycles. The number of nitro benzene ring substituents is 1. The van der Waals surface area contributed by atoms with Crippen molar-refractivity contribution in [3.63, 3.8) is 0 Å². The van der Waals surface area contributed by atoms with Gasteiger partial charge in [-0.2, -0.15) is 0 Å². The second-order valence-corrected chi connectivity index (χ2v) is 8.50. The molecule has 0 N–H and O–H groups in total. The molecule has 2 aromatic carbocycles. The third-order valence-electron chi connectivity index (χ3n) is 6.42. The number of para-hydroxylation sites is 1. The summed E-state index contributed by atoms with van der Waals surface area (Å²) in [5.74, 6) is 0. The minimum Gasteiger partial charge on any atom is -0.378 e. The molecule has 10 heteroatoms. The smallest absolute Gasteiger partial charge is 0.297 e. The van der Waals surface area contributed by atoms with E-state index in [1.165, 1.54) is 0 Å². The molecule has 36 heavy (non-hydrogen) atoms. The van der Waals surface area contributed by atoms with Crippen molar-refractivity contribution in [1.82, 2.24) is 13.9 Å². The maximum Gasteiger partial charge on any atom is 0.297 e. The van der Waals surface area contributed by atoms with Crippen LogP contribution < -0.4 is 10.5 Å². The van der Waals surface area contributed by atoms with Gasteiger partial charge in [0.15, 0.2) is 5.69 Å². The first kappa shape index (κ1) is 23.3. The van der Waals surface area contributed by atoms with Crippen LogP contribution in [0.2, 0.25) is 0 Å². The number of aromatic nitrogens is 3. The van der Waals surface area contributed by atoms with Crippen LogP contribution in [0.4, 0.5) is 17.1 Å². The summed E-state index contributed by atoms with van der Waals surface area (Å²) in [5, 5.41) is 11.9. The number of benzene rings is 2. The highest BCUT2D eigenvalue weighted by molar-refractivity contribution is 5.82. The van der Waals surface area contributed by atoms with E-state index in [1.54, 1.807) is 27.7 Å². The monoisotopic (exact) mass is 486 g/mol. The van der Waals surface area contributed by atoms with Gasteiger partial charge < -0.3 is 14.2 Å². The summed E-state index contributed by atoms with van der Waals surface area (Å²) in [6.07, 6.45) is 3.43. The van der Waals surface area contributed by atoms with Crippen molar-refractivity contribution in [1.29, 1.82) is 0 Å². The summed E-state index contributed by atoms with van der Waals surface area (Å²) in [6, 6.07) is 18.3. The lowest BCUT2D eigenvalue weighted by atomic mass is 10.2. The Balaban J connectivity index is 1.49. The van der Waals surface area contributed by atoms with Crippen molar-refractivity contribution < 1.29 is 9.66 Å². The van der Waals surface area contributed by atoms with Crippen LogP contribution in [0.3, 0.4) is 0 Å². The SMILES string of the molecule is Cc1c(N=Cc2cccn2-c2ccc(N3CCOCC3)c([N+](=O)[O-])c2)c(=O)n(-c2ccccc2)n1C. The Morgan fingerprint density at radius 2 is 1.78 bits per heavy atom. The number of morpholine rings is 1. The Morgan fingerprint density at radius 3 is 2.50 bits per heavy atom. The number of anilines is 1. The fourth-order valence-electron chi connectivity index (χ4n) is 4.45. The van der Waals surface area contributed by atoms with Gasteiger partial charge in [-0.25, -0.2) is 9.67 Å². The van der Waals surface area contributed by atoms with E-state index in [4.69, 9.17) is 4.74 Å². The first-order valence-electron chi connectivity index (χ1n) is 11.6. The van der Waals surface area contributed by atoms with E-state index in [2.05, 4.69) is 4.99 Å². The van der Waals surface area contributed by atoms with Gasteiger partial charge in [0.05, 0.1) is 47.1 Å². The molecule has 0 spiro atoms. The van der Waals surface area contributed by atoms with Crippen LogP contribution in [-0.2, 0) is 11.8 Å². The highest BCUT2D eigenvalue weighted by atomic mass is 16.6. The van der Waals surface area contributed by atoms with Crippen molar-refractivity contribution in [2.24, 2.45) is 12.0 Å². The minimum absolute atomic E-state index is 0.0376. The van der Waals surface area contributed by atoms with Crippen molar-refractivity contribution >= 4 is 23.3 Å². The van der Waals surface area contributed by atoms with E-state index in [0.29, 0.717) is 49.1 Å². The van der Waals surface area contributed by atoms with Gasteiger partial charge in [-0.05, 0) is 43.3 Å². The predicted molar refractivity (Wildman–Crippen MR) is 138 cm³/mol. The minimum atomic E-state index is -0.356. The third-order valence-corrected chi connectivity index (χ3v) is 6.42. The summed E-state index contributed by atoms with van der Waals surface area (Å²) in [4.78, 5) is 31.2. The van der Waals surface area contributed by atoms with Crippen molar-refractivity contribution in [2.45, 2.75) is 6.92 Å². The zero-order chi connectivity index (χ0) is 25.2. The van der Waals surface area contributed by atoms with Crippen LogP contribution in [-0.4, -0.2) is 51.4 Å². The van der Waals surface area contributed by atoms with Crippen molar-refractivity contribution in [2.75, 3.05) is 31.2 Å². The maximum atomic E-state index is 13.2. The fraction of sp³-hybridized carbons (Fsp3) is 0.231. The molecule has 0 bridgehead atoms. The average Bonchev–Trinajstić information content (AvgIpc) is 3.45. The molecule has 0 radical (unpaired) electrons. The van der Waals surface area contributed by atoms with Gasteiger partial charge in [-0.1, -0.05) is 18.2 Å². The zero-order valence-electron chi connectivity index (χ0n) is 20.1. The lowest BCUT2D eigenvalue weighted by Crippen LogP contribution is -2.36. The Hall–Kier alpha value is -4.44. The first-order valence-corrected chi connectivity index (χ1v) is 11.6. The number of rotatable bonds is 6. The van der Waals surface area contributed by atoms with Gasteiger partial charge in [-0.15, -0.1) is 0 Å². The largest absolute Gasteiger partial charge is 0.378 e. The normalized spacial score (nSPS) is 14.0. The Labute approximate surface area is 207 Å². The molecule has 5 rings (SSSR count). The van der Waals surface area contributed by atoms with E-state index in [-0.39, 0.29) is 16.2 Å². The lowest BCUT2D eigenvalue weighted by Gasteiger charge is -2.28. The molecule has 0 atom stereocenters. The number of hydrogen-bond acceptors (Lipinski definition) is 6. The summed E-state index contributed by atoms with van der Waals surface area (Å²) < 4.78 is 10.5. The molecule has 1 saturated heterocycles. The molecule has 184 valence electrons. The molecular weight excluding hydrogens is 460 g/mol. The average molecular weight is 487 g/mol. The van der Waals surface area contributed by atoms with Crippen LogP contribution in [0.25, 0.3) is 11.4 Å². The molecule has 0 aliphatic carbocycles. The summed E-state index contributed by atoms with van der Waals surface area (Å²) >= 11 is 0. The van der Waals surface area contributed by atoms with Gasteiger partial charge in [0.25, 0.3) is 11.2 Å². The maximum absolute atomic E-state index is 13.2. The topological polar surface area (TPSA) is 99.8 Å². The van der Waals surface area contributed by atoms with Gasteiger partial charge in [0, 0.05) is 32.4 Å². The molecule has 1 aliphatic heterocycles. The number of nitro groups is 1. The molecule has 3 heterocycles. The Bertz CT molecular complexity index is 1490. The van der Waals surface area contributed by atoms with E-state index in [1.807, 2.05) is 78.2 Å². The number of nitrogens with zero attached hydrogens (tertiary/aromatic N) is 6. The van der Waals surface area contributed by atoms with Crippen molar-refractivity contribution in [3.8, 4) is 11.4 Å². The molecule has 4 aromatic rings. The molecule has 1 aliphatic rings. The van der Waals surface area contributed by atoms with Crippen LogP contribution in [0, 0.1) is 17.0 Å². The molecule has 1 fully saturated rings. The van der Waals surface area contributed by atoms with Gasteiger partial charge in [-0.3, -0.25) is 19.6 Å². The Kier molecular flexibility index (Phi) is 6.26. The predicted octanol–water partition coefficient (Wildman–Crippen LogP) is 3.77. The number of hydrogen-bond donors (Lipinski definition) is 0. The van der Waals surface area contributed by atoms with E-state index < -0.39 is 0 Å². The second kappa shape index (κ2) is 9.67. The first-order chi connectivity index (χ1) is 17.5. The van der Waals surface area contributed by atoms with E-state index >= 15 is 0 Å². The molecule has 0 amide bonds. The van der Waals surface area contributed by atoms with E-state index in [0.717, 1.165) is 11.4 Å². The van der Waals surface area contributed by atoms with Crippen LogP contribution >= 0.6 is 0 Å². The summed E-state index contributed by atoms with van der Waals surface area (Å²) in [6.45, 7) is 4.15. The zero-order valence-corrected chi connectivity index (χ0v) is 20.1. The summed E-state index contributed by atoms with van der Waals surface area (Å²) in [7, 11) is 1.82. The van der Waals surface area contributed by atoms with Crippen molar-refractivity contribution in [3.05, 3.63) is 98.7 Å². The van der Waals surface area contributed by atoms with Crippen LogP contribution in [0.5, 0.6) is 0 Å². The number of aliphatic imine (C=N–C) groups is 1. The van der Waals surface area contributed by atoms with E-state index in [9.17, 15) is 14.9 Å². The summed E-state index contributed by atoms with van der Waals surface area (Å²) in [5.41, 5.74) is 3.54. The Morgan fingerprint density at radius 1 is 1.03 bits per heavy atom. The lowest BCUT2D eigenvalue weighted by molar-refractivity contribution is -0.384.